The molecule has 1 amide bonds. The summed E-state index contributed by atoms with van der Waals surface area (Å²) in [4.78, 5) is 35.8. The lowest BCUT2D eigenvalue weighted by Gasteiger charge is -2.35. The minimum atomic E-state index is -0.361. The Balaban J connectivity index is 1.41. The maximum absolute atomic E-state index is 12.6. The van der Waals surface area contributed by atoms with E-state index in [1.54, 1.807) is 24.5 Å². The van der Waals surface area contributed by atoms with Gasteiger partial charge >= 0.3 is 0 Å². The number of nitrogens with zero attached hydrogens (tertiary/aromatic N) is 6. The molecule has 0 atom stereocenters. The Morgan fingerprint density at radius 1 is 1.14 bits per heavy atom. The molecule has 192 valence electrons. The van der Waals surface area contributed by atoms with E-state index in [9.17, 15) is 9.59 Å². The van der Waals surface area contributed by atoms with E-state index in [0.717, 1.165) is 48.4 Å². The molecular formula is C28H33N7O2. The molecule has 1 aromatic carbocycles. The summed E-state index contributed by atoms with van der Waals surface area (Å²) in [6.45, 7) is 9.29. The molecular weight excluding hydrogens is 466 g/mol. The van der Waals surface area contributed by atoms with E-state index in [1.165, 1.54) is 0 Å². The molecule has 3 aromatic rings. The number of nitriles is 1. The number of carbonyl (C=O) groups excluding carboxylic acids is 2. The lowest BCUT2D eigenvalue weighted by Crippen LogP contribution is -2.44. The second kappa shape index (κ2) is 10.9. The highest BCUT2D eigenvalue weighted by Crippen LogP contribution is 2.28. The van der Waals surface area contributed by atoms with Crippen LogP contribution in [0.4, 0.5) is 11.6 Å². The first-order valence-electron chi connectivity index (χ1n) is 12.6. The van der Waals surface area contributed by atoms with E-state index < -0.39 is 0 Å². The largest absolute Gasteiger partial charge is 0.342 e. The summed E-state index contributed by atoms with van der Waals surface area (Å²) in [5, 5.41) is 16.5. The van der Waals surface area contributed by atoms with Gasteiger partial charge in [-0.05, 0) is 25.3 Å². The second-order valence-electron chi connectivity index (χ2n) is 10.5. The van der Waals surface area contributed by atoms with Crippen LogP contribution >= 0.6 is 0 Å². The van der Waals surface area contributed by atoms with Crippen molar-refractivity contribution >= 4 is 23.3 Å². The van der Waals surface area contributed by atoms with Gasteiger partial charge in [-0.2, -0.15) is 10.4 Å². The summed E-state index contributed by atoms with van der Waals surface area (Å²) in [7, 11) is 0. The smallest absolute Gasteiger partial charge is 0.227 e. The molecule has 3 heterocycles. The first kappa shape index (κ1) is 26.0. The van der Waals surface area contributed by atoms with Crippen molar-refractivity contribution in [1.29, 1.82) is 5.26 Å². The number of amides is 1. The average molecular weight is 500 g/mol. The van der Waals surface area contributed by atoms with Crippen molar-refractivity contribution in [3.05, 3.63) is 54.0 Å². The highest BCUT2D eigenvalue weighted by atomic mass is 16.2. The van der Waals surface area contributed by atoms with Gasteiger partial charge in [0.15, 0.2) is 5.78 Å². The number of anilines is 2. The molecule has 0 aliphatic carbocycles. The predicted octanol–water partition coefficient (Wildman–Crippen LogP) is 5.09. The van der Waals surface area contributed by atoms with Crippen molar-refractivity contribution in [3.63, 3.8) is 0 Å². The first-order valence-corrected chi connectivity index (χ1v) is 12.6. The third-order valence-electron chi connectivity index (χ3n) is 6.54. The zero-order chi connectivity index (χ0) is 26.6. The van der Waals surface area contributed by atoms with Crippen LogP contribution < -0.4 is 5.32 Å². The minimum Gasteiger partial charge on any atom is -0.342 e. The van der Waals surface area contributed by atoms with Crippen LogP contribution in [0.15, 0.2) is 42.9 Å². The zero-order valence-corrected chi connectivity index (χ0v) is 21.9. The number of piperidine rings is 1. The monoisotopic (exact) mass is 499 g/mol. The Morgan fingerprint density at radius 2 is 1.84 bits per heavy atom. The number of Topliss-reactive ketones (excluding diaryl/α,β-unsaturated/α-hetero) is 1. The predicted molar refractivity (Wildman–Crippen MR) is 141 cm³/mol. The number of aryl methyl sites for hydroxylation is 1. The van der Waals surface area contributed by atoms with E-state index in [2.05, 4.69) is 15.4 Å². The SMILES string of the molecule is Cc1cnc(Nc2cnn(C3CCN(C(=O)C(C)(C)C)CC3)c2)nc1-c1ccc(C(=O)CCC#N)cc1. The van der Waals surface area contributed by atoms with E-state index in [1.807, 2.05) is 61.7 Å². The standard InChI is InChI=1S/C28H33N7O2/c1-19-16-30-27(33-25(19)21-9-7-20(8-10-21)24(36)6-5-13-29)32-22-17-31-35(18-22)23-11-14-34(15-12-23)26(37)28(2,3)4/h7-10,16-18,23H,5-6,11-12,14-15H2,1-4H3,(H,30,32,33). The van der Waals surface area contributed by atoms with E-state index in [0.29, 0.717) is 11.5 Å². The number of benzene rings is 1. The first-order chi connectivity index (χ1) is 17.7. The van der Waals surface area contributed by atoms with Crippen molar-refractivity contribution < 1.29 is 9.59 Å². The number of likely N-dealkylation sites (tertiary alicyclic amines) is 1. The van der Waals surface area contributed by atoms with Gasteiger partial charge in [0.1, 0.15) is 0 Å². The molecule has 1 aliphatic heterocycles. The molecule has 0 spiro atoms. The highest BCUT2D eigenvalue weighted by molar-refractivity contribution is 5.96. The van der Waals surface area contributed by atoms with Gasteiger partial charge in [-0.3, -0.25) is 14.3 Å². The van der Waals surface area contributed by atoms with Gasteiger partial charge in [0.05, 0.1) is 29.7 Å². The van der Waals surface area contributed by atoms with Crippen molar-refractivity contribution in [2.75, 3.05) is 18.4 Å². The van der Waals surface area contributed by atoms with Crippen LogP contribution in [0.2, 0.25) is 0 Å². The van der Waals surface area contributed by atoms with Crippen LogP contribution in [-0.2, 0) is 4.79 Å². The Labute approximate surface area is 217 Å². The zero-order valence-electron chi connectivity index (χ0n) is 21.9. The van der Waals surface area contributed by atoms with Gasteiger partial charge in [0, 0.05) is 54.9 Å². The van der Waals surface area contributed by atoms with Crippen LogP contribution in [0.25, 0.3) is 11.3 Å². The summed E-state index contributed by atoms with van der Waals surface area (Å²) in [6, 6.07) is 9.53. The maximum Gasteiger partial charge on any atom is 0.227 e. The Bertz CT molecular complexity index is 1310. The number of ketones is 1. The Morgan fingerprint density at radius 3 is 2.49 bits per heavy atom. The van der Waals surface area contributed by atoms with Gasteiger partial charge in [-0.1, -0.05) is 45.0 Å². The van der Waals surface area contributed by atoms with Crippen molar-refractivity contribution in [3.8, 4) is 17.3 Å². The number of carbonyl (C=O) groups is 2. The molecule has 9 nitrogen and oxygen atoms in total. The van der Waals surface area contributed by atoms with Crippen molar-refractivity contribution in [1.82, 2.24) is 24.6 Å². The molecule has 0 bridgehead atoms. The van der Waals surface area contributed by atoms with E-state index >= 15 is 0 Å². The maximum atomic E-state index is 12.6. The van der Waals surface area contributed by atoms with E-state index in [-0.39, 0.29) is 36.0 Å². The Hall–Kier alpha value is -4.06. The normalized spacial score (nSPS) is 14.3. The van der Waals surface area contributed by atoms with Gasteiger partial charge in [0.25, 0.3) is 0 Å². The molecule has 4 rings (SSSR count). The quantitative estimate of drug-likeness (QED) is 0.450. The fourth-order valence-corrected chi connectivity index (χ4v) is 4.46. The summed E-state index contributed by atoms with van der Waals surface area (Å²) < 4.78 is 1.96. The second-order valence-corrected chi connectivity index (χ2v) is 10.5. The van der Waals surface area contributed by atoms with Crippen molar-refractivity contribution in [2.45, 2.75) is 59.4 Å². The van der Waals surface area contributed by atoms with Crippen LogP contribution in [0.3, 0.4) is 0 Å². The van der Waals surface area contributed by atoms with Gasteiger partial charge in [0.2, 0.25) is 11.9 Å². The fourth-order valence-electron chi connectivity index (χ4n) is 4.46. The molecule has 1 saturated heterocycles. The fraction of sp³-hybridized carbons (Fsp3) is 0.429. The lowest BCUT2D eigenvalue weighted by molar-refractivity contribution is -0.140. The average Bonchev–Trinajstić information content (AvgIpc) is 3.36. The number of aromatic nitrogens is 4. The molecule has 2 aromatic heterocycles. The molecule has 1 fully saturated rings. The highest BCUT2D eigenvalue weighted by Gasteiger charge is 2.31. The molecule has 37 heavy (non-hydrogen) atoms. The summed E-state index contributed by atoms with van der Waals surface area (Å²) in [6.07, 6.45) is 7.65. The van der Waals surface area contributed by atoms with Crippen molar-refractivity contribution in [2.24, 2.45) is 5.41 Å². The van der Waals surface area contributed by atoms with Crippen LogP contribution in [0.1, 0.15) is 68.4 Å². The molecule has 1 N–H and O–H groups in total. The van der Waals surface area contributed by atoms with Crippen LogP contribution in [0, 0.1) is 23.7 Å². The number of rotatable bonds is 7. The third kappa shape index (κ3) is 6.20. The number of nitrogens with one attached hydrogen (secondary N) is 1. The number of hydrogen-bond acceptors (Lipinski definition) is 7. The summed E-state index contributed by atoms with van der Waals surface area (Å²) in [5.74, 6) is 0.611. The minimum absolute atomic E-state index is 0.0432. The molecule has 9 heteroatoms. The van der Waals surface area contributed by atoms with Gasteiger partial charge < -0.3 is 10.2 Å². The van der Waals surface area contributed by atoms with E-state index in [4.69, 9.17) is 10.2 Å². The molecule has 0 unspecified atom stereocenters. The molecule has 0 saturated carbocycles. The topological polar surface area (TPSA) is 117 Å². The van der Waals surface area contributed by atoms with Crippen LogP contribution in [-0.4, -0.2) is 49.4 Å². The summed E-state index contributed by atoms with van der Waals surface area (Å²) in [5.41, 5.74) is 3.59. The lowest BCUT2D eigenvalue weighted by atomic mass is 9.93. The Kier molecular flexibility index (Phi) is 7.67. The molecule has 1 aliphatic rings. The number of hydrogen-bond donors (Lipinski definition) is 1. The van der Waals surface area contributed by atoms with Gasteiger partial charge in [-0.15, -0.1) is 0 Å². The third-order valence-corrected chi connectivity index (χ3v) is 6.54. The summed E-state index contributed by atoms with van der Waals surface area (Å²) >= 11 is 0. The molecule has 0 radical (unpaired) electrons. The van der Waals surface area contributed by atoms with Crippen LogP contribution in [0.5, 0.6) is 0 Å². The van der Waals surface area contributed by atoms with Gasteiger partial charge in [-0.25, -0.2) is 9.97 Å².